The van der Waals surface area contributed by atoms with Crippen LogP contribution in [-0.4, -0.2) is 28.8 Å². The van der Waals surface area contributed by atoms with E-state index in [0.29, 0.717) is 30.6 Å². The minimum absolute atomic E-state index is 0.475. The van der Waals surface area contributed by atoms with E-state index in [-0.39, 0.29) is 0 Å². The highest BCUT2D eigenvalue weighted by molar-refractivity contribution is 5.87. The largest absolute Gasteiger partial charge is 0.497 e. The van der Waals surface area contributed by atoms with Crippen molar-refractivity contribution in [3.05, 3.63) is 65.5 Å². The van der Waals surface area contributed by atoms with E-state index in [9.17, 15) is 0 Å². The molecule has 0 atom stereocenters. The van der Waals surface area contributed by atoms with Crippen molar-refractivity contribution in [1.29, 1.82) is 0 Å². The maximum absolute atomic E-state index is 5.76. The Morgan fingerprint density at radius 1 is 1.04 bits per heavy atom. The minimum atomic E-state index is 0.475. The van der Waals surface area contributed by atoms with Crippen LogP contribution in [0.25, 0.3) is 22.3 Å². The number of aromatic nitrogens is 3. The van der Waals surface area contributed by atoms with Gasteiger partial charge in [-0.15, -0.1) is 0 Å². The lowest BCUT2D eigenvalue weighted by molar-refractivity contribution is 0.329. The summed E-state index contributed by atoms with van der Waals surface area (Å²) in [6.45, 7) is 4.47. The van der Waals surface area contributed by atoms with Crippen molar-refractivity contribution >= 4 is 10.9 Å². The molecule has 0 bridgehead atoms. The lowest BCUT2D eigenvalue weighted by Gasteiger charge is -2.09. The van der Waals surface area contributed by atoms with Gasteiger partial charge in [-0.05, 0) is 43.2 Å². The quantitative estimate of drug-likeness (QED) is 0.491. The third-order valence-corrected chi connectivity index (χ3v) is 4.52. The molecule has 0 aliphatic rings. The van der Waals surface area contributed by atoms with Gasteiger partial charge in [-0.3, -0.25) is 0 Å². The topological polar surface area (TPSA) is 70.3 Å². The summed E-state index contributed by atoms with van der Waals surface area (Å²) in [5.74, 6) is 2.34. The van der Waals surface area contributed by atoms with Crippen LogP contribution in [0.1, 0.15) is 23.9 Å². The number of hydrogen-bond acceptors (Lipinski definition) is 6. The van der Waals surface area contributed by atoms with Crippen LogP contribution in [0.4, 0.5) is 0 Å². The SMILES string of the molecule is CCOc1nc2c(C)cccc2cc1-c1noc(Cc2ccc(OC)cc2)n1. The summed E-state index contributed by atoms with van der Waals surface area (Å²) in [5, 5.41) is 5.17. The monoisotopic (exact) mass is 375 g/mol. The molecule has 2 heterocycles. The molecular formula is C22H21N3O3. The first-order chi connectivity index (χ1) is 13.7. The second-order valence-electron chi connectivity index (χ2n) is 6.46. The lowest BCUT2D eigenvalue weighted by Crippen LogP contribution is -1.99. The first kappa shape index (κ1) is 18.0. The van der Waals surface area contributed by atoms with Crippen LogP contribution in [-0.2, 0) is 6.42 Å². The van der Waals surface area contributed by atoms with Crippen LogP contribution in [0.15, 0.2) is 53.1 Å². The maximum atomic E-state index is 5.76. The smallest absolute Gasteiger partial charge is 0.231 e. The predicted octanol–water partition coefficient (Wildman–Crippen LogP) is 4.59. The number of para-hydroxylation sites is 1. The molecule has 0 radical (unpaired) electrons. The number of ether oxygens (including phenoxy) is 2. The van der Waals surface area contributed by atoms with Crippen molar-refractivity contribution in [3.8, 4) is 23.0 Å². The fourth-order valence-corrected chi connectivity index (χ4v) is 3.09. The molecule has 0 fully saturated rings. The van der Waals surface area contributed by atoms with Crippen molar-refractivity contribution in [3.63, 3.8) is 0 Å². The summed E-state index contributed by atoms with van der Waals surface area (Å²) >= 11 is 0. The molecule has 0 saturated heterocycles. The number of methoxy groups -OCH3 is 1. The molecule has 0 N–H and O–H groups in total. The zero-order valence-electron chi connectivity index (χ0n) is 16.1. The van der Waals surface area contributed by atoms with Gasteiger partial charge in [0.1, 0.15) is 5.75 Å². The number of nitrogens with zero attached hydrogens (tertiary/aromatic N) is 3. The van der Waals surface area contributed by atoms with Gasteiger partial charge in [0.15, 0.2) is 0 Å². The fourth-order valence-electron chi connectivity index (χ4n) is 3.09. The molecule has 0 spiro atoms. The van der Waals surface area contributed by atoms with Crippen molar-refractivity contribution in [2.75, 3.05) is 13.7 Å². The molecule has 0 amide bonds. The first-order valence-electron chi connectivity index (χ1n) is 9.17. The van der Waals surface area contributed by atoms with Gasteiger partial charge in [-0.2, -0.15) is 4.98 Å². The molecule has 2 aromatic heterocycles. The van der Waals surface area contributed by atoms with E-state index in [1.54, 1.807) is 7.11 Å². The molecule has 6 nitrogen and oxygen atoms in total. The lowest BCUT2D eigenvalue weighted by atomic mass is 10.1. The molecule has 0 aliphatic carbocycles. The van der Waals surface area contributed by atoms with Gasteiger partial charge in [0.05, 0.1) is 31.2 Å². The fraction of sp³-hybridized carbons (Fsp3) is 0.227. The zero-order valence-corrected chi connectivity index (χ0v) is 16.1. The Morgan fingerprint density at radius 3 is 2.61 bits per heavy atom. The van der Waals surface area contributed by atoms with E-state index in [1.807, 2.05) is 62.4 Å². The van der Waals surface area contributed by atoms with Crippen LogP contribution in [0.5, 0.6) is 11.6 Å². The predicted molar refractivity (Wildman–Crippen MR) is 107 cm³/mol. The van der Waals surface area contributed by atoms with Gasteiger partial charge in [0, 0.05) is 5.39 Å². The summed E-state index contributed by atoms with van der Waals surface area (Å²) < 4.78 is 16.4. The molecule has 0 saturated carbocycles. The van der Waals surface area contributed by atoms with E-state index in [1.165, 1.54) is 0 Å². The van der Waals surface area contributed by atoms with Crippen molar-refractivity contribution in [2.45, 2.75) is 20.3 Å². The Labute approximate surface area is 163 Å². The number of rotatable bonds is 6. The Balaban J connectivity index is 1.68. The molecule has 4 rings (SSSR count). The minimum Gasteiger partial charge on any atom is -0.497 e. The zero-order chi connectivity index (χ0) is 19.5. The molecule has 6 heteroatoms. The van der Waals surface area contributed by atoms with Gasteiger partial charge >= 0.3 is 0 Å². The summed E-state index contributed by atoms with van der Waals surface area (Å²) in [6, 6.07) is 15.9. The molecule has 0 aliphatic heterocycles. The number of hydrogen-bond donors (Lipinski definition) is 0. The average molecular weight is 375 g/mol. The summed E-state index contributed by atoms with van der Waals surface area (Å²) in [7, 11) is 1.65. The van der Waals surface area contributed by atoms with Crippen LogP contribution in [0.3, 0.4) is 0 Å². The summed E-state index contributed by atoms with van der Waals surface area (Å²) in [4.78, 5) is 9.26. The molecule has 2 aromatic carbocycles. The van der Waals surface area contributed by atoms with Gasteiger partial charge in [-0.25, -0.2) is 4.98 Å². The number of benzene rings is 2. The molecule has 0 unspecified atom stereocenters. The summed E-state index contributed by atoms with van der Waals surface area (Å²) in [5.41, 5.74) is 3.80. The van der Waals surface area contributed by atoms with E-state index >= 15 is 0 Å². The second-order valence-corrected chi connectivity index (χ2v) is 6.46. The molecule has 142 valence electrons. The Kier molecular flexibility index (Phi) is 4.93. The Morgan fingerprint density at radius 2 is 1.86 bits per heavy atom. The van der Waals surface area contributed by atoms with Crippen LogP contribution in [0, 0.1) is 6.92 Å². The third-order valence-electron chi connectivity index (χ3n) is 4.52. The average Bonchev–Trinajstić information content (AvgIpc) is 3.17. The maximum Gasteiger partial charge on any atom is 0.231 e. The van der Waals surface area contributed by atoms with Crippen molar-refractivity contribution < 1.29 is 14.0 Å². The third kappa shape index (κ3) is 3.53. The Bertz CT molecular complexity index is 1100. The van der Waals surface area contributed by atoms with Crippen LogP contribution < -0.4 is 9.47 Å². The standard InChI is InChI=1S/C22H21N3O3/c1-4-27-22-18(13-16-7-5-6-14(2)20(16)24-22)21-23-19(28-25-21)12-15-8-10-17(26-3)11-9-15/h5-11,13H,4,12H2,1-3H3. The van der Waals surface area contributed by atoms with Crippen molar-refractivity contribution in [2.24, 2.45) is 0 Å². The van der Waals surface area contributed by atoms with Gasteiger partial charge in [0.25, 0.3) is 0 Å². The van der Waals surface area contributed by atoms with Crippen LogP contribution in [0.2, 0.25) is 0 Å². The highest BCUT2D eigenvalue weighted by Crippen LogP contribution is 2.31. The molecular weight excluding hydrogens is 354 g/mol. The molecule has 4 aromatic rings. The number of pyridine rings is 1. The summed E-state index contributed by atoms with van der Waals surface area (Å²) in [6.07, 6.45) is 0.543. The highest BCUT2D eigenvalue weighted by atomic mass is 16.5. The Hall–Kier alpha value is -3.41. The first-order valence-corrected chi connectivity index (χ1v) is 9.17. The van der Waals surface area contributed by atoms with E-state index < -0.39 is 0 Å². The second kappa shape index (κ2) is 7.68. The van der Waals surface area contributed by atoms with Crippen LogP contribution >= 0.6 is 0 Å². The van der Waals surface area contributed by atoms with E-state index in [2.05, 4.69) is 10.1 Å². The number of aryl methyl sites for hydroxylation is 1. The highest BCUT2D eigenvalue weighted by Gasteiger charge is 2.17. The number of fused-ring (bicyclic) bond motifs is 1. The van der Waals surface area contributed by atoms with Gasteiger partial charge < -0.3 is 14.0 Å². The van der Waals surface area contributed by atoms with E-state index in [0.717, 1.165) is 33.3 Å². The normalized spacial score (nSPS) is 11.0. The van der Waals surface area contributed by atoms with Crippen molar-refractivity contribution in [1.82, 2.24) is 15.1 Å². The molecule has 28 heavy (non-hydrogen) atoms. The van der Waals surface area contributed by atoms with E-state index in [4.69, 9.17) is 19.0 Å². The van der Waals surface area contributed by atoms with Gasteiger partial charge in [0.2, 0.25) is 17.6 Å². The van der Waals surface area contributed by atoms with Gasteiger partial charge in [-0.1, -0.05) is 35.5 Å².